The maximum absolute atomic E-state index is 10.2. The number of hydrogen-bond donors (Lipinski definition) is 2. The molecule has 0 aromatic heterocycles. The van der Waals surface area contributed by atoms with Gasteiger partial charge in [-0.1, -0.05) is 69.3 Å². The molecular weight excluding hydrogens is 320 g/mol. The SMILES string of the molecule is CC1(C)CC(C)(c2ccc(O)cc2)c2ccc(-c3ccccc3O)cc21. The van der Waals surface area contributed by atoms with Gasteiger partial charge in [-0.25, -0.2) is 0 Å². The van der Waals surface area contributed by atoms with Crippen LogP contribution in [-0.2, 0) is 10.8 Å². The Labute approximate surface area is 154 Å². The minimum Gasteiger partial charge on any atom is -0.508 e. The quantitative estimate of drug-likeness (QED) is 0.621. The summed E-state index contributed by atoms with van der Waals surface area (Å²) in [5.41, 5.74) is 5.72. The molecule has 4 rings (SSSR count). The zero-order valence-corrected chi connectivity index (χ0v) is 15.5. The van der Waals surface area contributed by atoms with Gasteiger partial charge in [-0.2, -0.15) is 0 Å². The van der Waals surface area contributed by atoms with Crippen LogP contribution in [0.4, 0.5) is 0 Å². The molecule has 0 amide bonds. The molecule has 0 fully saturated rings. The third-order valence-electron chi connectivity index (χ3n) is 5.86. The topological polar surface area (TPSA) is 40.5 Å². The average Bonchev–Trinajstić information content (AvgIpc) is 2.82. The second-order valence-electron chi connectivity index (χ2n) is 8.22. The monoisotopic (exact) mass is 344 g/mol. The van der Waals surface area contributed by atoms with E-state index in [9.17, 15) is 10.2 Å². The molecule has 0 aliphatic heterocycles. The lowest BCUT2D eigenvalue weighted by Crippen LogP contribution is -2.23. The van der Waals surface area contributed by atoms with Gasteiger partial charge in [0.25, 0.3) is 0 Å². The molecule has 0 heterocycles. The smallest absolute Gasteiger partial charge is 0.123 e. The highest BCUT2D eigenvalue weighted by Crippen LogP contribution is 2.53. The maximum Gasteiger partial charge on any atom is 0.123 e. The first-order valence-electron chi connectivity index (χ1n) is 9.04. The summed E-state index contributed by atoms with van der Waals surface area (Å²) in [6.45, 7) is 6.85. The first-order chi connectivity index (χ1) is 12.3. The third-order valence-corrected chi connectivity index (χ3v) is 5.86. The van der Waals surface area contributed by atoms with Gasteiger partial charge in [-0.05, 0) is 52.3 Å². The number of phenols is 2. The fraction of sp³-hybridized carbons (Fsp3) is 0.250. The minimum absolute atomic E-state index is 0.0301. The Morgan fingerprint density at radius 1 is 0.769 bits per heavy atom. The molecule has 3 aromatic carbocycles. The van der Waals surface area contributed by atoms with Crippen LogP contribution in [0.25, 0.3) is 11.1 Å². The van der Waals surface area contributed by atoms with Crippen molar-refractivity contribution in [2.45, 2.75) is 38.0 Å². The van der Waals surface area contributed by atoms with Crippen molar-refractivity contribution in [3.05, 3.63) is 83.4 Å². The number of aromatic hydroxyl groups is 2. The number of benzene rings is 3. The summed E-state index contributed by atoms with van der Waals surface area (Å²) in [5.74, 6) is 0.606. The Morgan fingerprint density at radius 3 is 2.15 bits per heavy atom. The molecule has 0 radical (unpaired) electrons. The fourth-order valence-corrected chi connectivity index (χ4v) is 4.63. The average molecular weight is 344 g/mol. The Hall–Kier alpha value is -2.74. The molecule has 2 N–H and O–H groups in total. The molecule has 0 spiro atoms. The van der Waals surface area contributed by atoms with E-state index in [4.69, 9.17) is 0 Å². The molecule has 26 heavy (non-hydrogen) atoms. The normalized spacial score (nSPS) is 20.7. The predicted octanol–water partition coefficient (Wildman–Crippen LogP) is 5.75. The van der Waals surface area contributed by atoms with Crippen molar-refractivity contribution in [2.75, 3.05) is 0 Å². The predicted molar refractivity (Wildman–Crippen MR) is 106 cm³/mol. The van der Waals surface area contributed by atoms with Crippen molar-refractivity contribution in [1.29, 1.82) is 0 Å². The fourth-order valence-electron chi connectivity index (χ4n) is 4.63. The van der Waals surface area contributed by atoms with Gasteiger partial charge in [0, 0.05) is 11.0 Å². The van der Waals surface area contributed by atoms with Crippen molar-refractivity contribution in [3.63, 3.8) is 0 Å². The van der Waals surface area contributed by atoms with E-state index in [0.29, 0.717) is 11.5 Å². The highest BCUT2D eigenvalue weighted by atomic mass is 16.3. The molecule has 2 nitrogen and oxygen atoms in total. The van der Waals surface area contributed by atoms with E-state index in [0.717, 1.165) is 17.5 Å². The number of rotatable bonds is 2. The van der Waals surface area contributed by atoms with Crippen LogP contribution < -0.4 is 0 Å². The summed E-state index contributed by atoms with van der Waals surface area (Å²) in [4.78, 5) is 0. The summed E-state index contributed by atoms with van der Waals surface area (Å²) in [7, 11) is 0. The van der Waals surface area contributed by atoms with Crippen LogP contribution in [0.2, 0.25) is 0 Å². The van der Waals surface area contributed by atoms with E-state index in [1.165, 1.54) is 16.7 Å². The zero-order chi connectivity index (χ0) is 18.5. The summed E-state index contributed by atoms with van der Waals surface area (Å²) in [5, 5.41) is 19.9. The summed E-state index contributed by atoms with van der Waals surface area (Å²) >= 11 is 0. The van der Waals surface area contributed by atoms with Crippen molar-refractivity contribution >= 4 is 0 Å². The lowest BCUT2D eigenvalue weighted by Gasteiger charge is -2.28. The molecule has 132 valence electrons. The highest BCUT2D eigenvalue weighted by molar-refractivity contribution is 5.72. The van der Waals surface area contributed by atoms with Crippen molar-refractivity contribution in [2.24, 2.45) is 0 Å². The summed E-state index contributed by atoms with van der Waals surface area (Å²) in [6, 6.07) is 21.6. The Kier molecular flexibility index (Phi) is 3.62. The summed E-state index contributed by atoms with van der Waals surface area (Å²) < 4.78 is 0. The van der Waals surface area contributed by atoms with E-state index >= 15 is 0 Å². The number of fused-ring (bicyclic) bond motifs is 1. The molecule has 1 aliphatic carbocycles. The van der Waals surface area contributed by atoms with Crippen LogP contribution in [0.15, 0.2) is 66.7 Å². The lowest BCUT2D eigenvalue weighted by atomic mass is 9.75. The number of para-hydroxylation sites is 1. The molecule has 1 aliphatic rings. The van der Waals surface area contributed by atoms with Crippen LogP contribution in [0.1, 0.15) is 43.9 Å². The Bertz CT molecular complexity index is 970. The summed E-state index contributed by atoms with van der Waals surface area (Å²) in [6.07, 6.45) is 1.00. The van der Waals surface area contributed by atoms with Crippen molar-refractivity contribution in [3.8, 4) is 22.6 Å². The Morgan fingerprint density at radius 2 is 1.46 bits per heavy atom. The van der Waals surface area contributed by atoms with Gasteiger partial charge in [0.1, 0.15) is 11.5 Å². The molecule has 1 unspecified atom stereocenters. The second kappa shape index (κ2) is 5.63. The number of phenolic OH excluding ortho intramolecular Hbond substituents is 2. The second-order valence-corrected chi connectivity index (χ2v) is 8.22. The zero-order valence-electron chi connectivity index (χ0n) is 15.5. The van der Waals surface area contributed by atoms with Crippen LogP contribution in [0.3, 0.4) is 0 Å². The van der Waals surface area contributed by atoms with Crippen LogP contribution in [0, 0.1) is 0 Å². The van der Waals surface area contributed by atoms with Crippen molar-refractivity contribution < 1.29 is 10.2 Å². The molecule has 0 saturated carbocycles. The van der Waals surface area contributed by atoms with Gasteiger partial charge in [0.15, 0.2) is 0 Å². The number of hydrogen-bond acceptors (Lipinski definition) is 2. The van der Waals surface area contributed by atoms with Crippen molar-refractivity contribution in [1.82, 2.24) is 0 Å². The van der Waals surface area contributed by atoms with Gasteiger partial charge < -0.3 is 10.2 Å². The Balaban J connectivity index is 1.87. The molecule has 1 atom stereocenters. The van der Waals surface area contributed by atoms with E-state index < -0.39 is 0 Å². The van der Waals surface area contributed by atoms with Gasteiger partial charge in [0.05, 0.1) is 0 Å². The van der Waals surface area contributed by atoms with Crippen LogP contribution in [-0.4, -0.2) is 10.2 Å². The standard InChI is InChI=1S/C24H24O2/c1-23(2)15-24(3,17-9-11-18(25)12-10-17)20-13-8-16(14-21(20)23)19-6-4-5-7-22(19)26/h4-14,25-26H,15H2,1-3H3. The van der Waals surface area contributed by atoms with Gasteiger partial charge in [0.2, 0.25) is 0 Å². The van der Waals surface area contributed by atoms with E-state index in [2.05, 4.69) is 39.0 Å². The van der Waals surface area contributed by atoms with E-state index in [1.807, 2.05) is 30.3 Å². The van der Waals surface area contributed by atoms with Gasteiger partial charge in [-0.15, -0.1) is 0 Å². The molecule has 3 aromatic rings. The lowest BCUT2D eigenvalue weighted by molar-refractivity contribution is 0.424. The third kappa shape index (κ3) is 2.48. The largest absolute Gasteiger partial charge is 0.508 e. The van der Waals surface area contributed by atoms with Gasteiger partial charge in [-0.3, -0.25) is 0 Å². The van der Waals surface area contributed by atoms with Crippen LogP contribution in [0.5, 0.6) is 11.5 Å². The van der Waals surface area contributed by atoms with E-state index in [-0.39, 0.29) is 10.8 Å². The molecule has 0 saturated heterocycles. The van der Waals surface area contributed by atoms with Crippen LogP contribution >= 0.6 is 0 Å². The van der Waals surface area contributed by atoms with Gasteiger partial charge >= 0.3 is 0 Å². The molecule has 0 bridgehead atoms. The minimum atomic E-state index is -0.0935. The maximum atomic E-state index is 10.2. The van der Waals surface area contributed by atoms with E-state index in [1.54, 1.807) is 18.2 Å². The first-order valence-corrected chi connectivity index (χ1v) is 9.04. The molecular formula is C24H24O2. The highest BCUT2D eigenvalue weighted by Gasteiger charge is 2.45. The molecule has 2 heteroatoms. The first kappa shape index (κ1) is 16.7.